The Labute approximate surface area is 138 Å². The van der Waals surface area contributed by atoms with Gasteiger partial charge in [0.1, 0.15) is 16.2 Å². The fourth-order valence-corrected chi connectivity index (χ4v) is 3.43. The predicted octanol–water partition coefficient (Wildman–Crippen LogP) is 5.41. The Kier molecular flexibility index (Phi) is 3.51. The van der Waals surface area contributed by atoms with Crippen LogP contribution in [0.1, 0.15) is 25.1 Å². The SMILES string of the molecule is S=c1c2cc(-c3ccc(Cl)cc3)oc2nc2n1CCCCC2. The zero-order chi connectivity index (χ0) is 15.1. The largest absolute Gasteiger partial charge is 0.438 e. The van der Waals surface area contributed by atoms with Crippen molar-refractivity contribution in [2.45, 2.75) is 32.2 Å². The van der Waals surface area contributed by atoms with Crippen molar-refractivity contribution in [3.63, 3.8) is 0 Å². The first kappa shape index (κ1) is 14.0. The van der Waals surface area contributed by atoms with E-state index in [0.29, 0.717) is 10.7 Å². The Morgan fingerprint density at radius 3 is 2.77 bits per heavy atom. The Morgan fingerprint density at radius 2 is 1.95 bits per heavy atom. The van der Waals surface area contributed by atoms with Crippen LogP contribution in [0.15, 0.2) is 34.7 Å². The molecule has 0 saturated carbocycles. The van der Waals surface area contributed by atoms with E-state index in [9.17, 15) is 0 Å². The van der Waals surface area contributed by atoms with E-state index in [-0.39, 0.29) is 0 Å². The molecule has 3 nitrogen and oxygen atoms in total. The molecule has 1 aromatic carbocycles. The quantitative estimate of drug-likeness (QED) is 0.559. The molecule has 1 aliphatic heterocycles. The first-order valence-corrected chi connectivity index (χ1v) is 8.30. The van der Waals surface area contributed by atoms with E-state index in [1.54, 1.807) is 0 Å². The number of hydrogen-bond acceptors (Lipinski definition) is 3. The number of hydrogen-bond donors (Lipinski definition) is 0. The average Bonchev–Trinajstić information content (AvgIpc) is 2.80. The highest BCUT2D eigenvalue weighted by atomic mass is 35.5. The van der Waals surface area contributed by atoms with Crippen molar-refractivity contribution < 1.29 is 4.42 Å². The molecule has 0 spiro atoms. The average molecular weight is 331 g/mol. The predicted molar refractivity (Wildman–Crippen MR) is 90.8 cm³/mol. The van der Waals surface area contributed by atoms with Gasteiger partial charge < -0.3 is 8.98 Å². The second-order valence-corrected chi connectivity index (χ2v) is 6.45. The van der Waals surface area contributed by atoms with Gasteiger partial charge in [-0.25, -0.2) is 0 Å². The summed E-state index contributed by atoms with van der Waals surface area (Å²) in [4.78, 5) is 4.70. The Balaban J connectivity index is 1.89. The fraction of sp³-hybridized carbons (Fsp3) is 0.294. The summed E-state index contributed by atoms with van der Waals surface area (Å²) < 4.78 is 8.96. The normalized spacial score (nSPS) is 14.8. The number of rotatable bonds is 1. The molecule has 0 unspecified atom stereocenters. The van der Waals surface area contributed by atoms with E-state index >= 15 is 0 Å². The monoisotopic (exact) mass is 330 g/mol. The van der Waals surface area contributed by atoms with Crippen LogP contribution in [-0.2, 0) is 13.0 Å². The van der Waals surface area contributed by atoms with Crippen molar-refractivity contribution >= 4 is 34.9 Å². The summed E-state index contributed by atoms with van der Waals surface area (Å²) in [5.41, 5.74) is 1.63. The summed E-state index contributed by atoms with van der Waals surface area (Å²) >= 11 is 11.6. The smallest absolute Gasteiger partial charge is 0.231 e. The van der Waals surface area contributed by atoms with Gasteiger partial charge in [0.2, 0.25) is 5.71 Å². The third-order valence-corrected chi connectivity index (χ3v) is 4.83. The lowest BCUT2D eigenvalue weighted by Crippen LogP contribution is -2.07. The third-order valence-electron chi connectivity index (χ3n) is 4.14. The van der Waals surface area contributed by atoms with Crippen molar-refractivity contribution in [1.29, 1.82) is 0 Å². The molecule has 0 saturated heterocycles. The molecule has 3 heterocycles. The van der Waals surface area contributed by atoms with Crippen LogP contribution >= 0.6 is 23.8 Å². The van der Waals surface area contributed by atoms with Gasteiger partial charge in [0, 0.05) is 23.6 Å². The van der Waals surface area contributed by atoms with Gasteiger partial charge in [-0.05, 0) is 43.2 Å². The van der Waals surface area contributed by atoms with E-state index in [1.807, 2.05) is 30.3 Å². The maximum absolute atomic E-state index is 5.95. The van der Waals surface area contributed by atoms with Crippen molar-refractivity contribution in [2.75, 3.05) is 0 Å². The van der Waals surface area contributed by atoms with E-state index < -0.39 is 0 Å². The topological polar surface area (TPSA) is 31.0 Å². The minimum absolute atomic E-state index is 0.642. The first-order chi connectivity index (χ1) is 10.7. The van der Waals surface area contributed by atoms with Gasteiger partial charge in [-0.1, -0.05) is 30.2 Å². The molecule has 2 aromatic heterocycles. The summed E-state index contributed by atoms with van der Waals surface area (Å²) in [6.45, 7) is 0.957. The van der Waals surface area contributed by atoms with Gasteiger partial charge >= 0.3 is 0 Å². The maximum atomic E-state index is 5.95. The highest BCUT2D eigenvalue weighted by molar-refractivity contribution is 7.71. The lowest BCUT2D eigenvalue weighted by atomic mass is 10.2. The number of nitrogens with zero attached hydrogens (tertiary/aromatic N) is 2. The Bertz CT molecular complexity index is 895. The summed E-state index contributed by atoms with van der Waals surface area (Å²) in [6, 6.07) is 9.60. The van der Waals surface area contributed by atoms with Crippen molar-refractivity contribution in [3.8, 4) is 11.3 Å². The molecule has 22 heavy (non-hydrogen) atoms. The highest BCUT2D eigenvalue weighted by Gasteiger charge is 2.15. The molecular weight excluding hydrogens is 316 g/mol. The van der Waals surface area contributed by atoms with E-state index in [1.165, 1.54) is 6.42 Å². The number of aryl methyl sites for hydroxylation is 1. The van der Waals surface area contributed by atoms with Crippen LogP contribution in [0, 0.1) is 4.64 Å². The summed E-state index contributed by atoms with van der Waals surface area (Å²) in [5.74, 6) is 1.83. The number of furan rings is 1. The van der Waals surface area contributed by atoms with Gasteiger partial charge in [-0.15, -0.1) is 0 Å². The zero-order valence-corrected chi connectivity index (χ0v) is 13.6. The van der Waals surface area contributed by atoms with Crippen molar-refractivity contribution in [1.82, 2.24) is 9.55 Å². The third kappa shape index (κ3) is 2.36. The lowest BCUT2D eigenvalue weighted by molar-refractivity contribution is 0.596. The number of benzene rings is 1. The van der Waals surface area contributed by atoms with Crippen LogP contribution in [0.3, 0.4) is 0 Å². The molecule has 112 valence electrons. The standard InChI is InChI=1S/C17H15ClN2OS/c18-12-7-5-11(6-8-12)14-10-13-16(21-14)19-15-4-2-1-3-9-20(15)17(13)22/h5-8,10H,1-4,9H2. The second-order valence-electron chi connectivity index (χ2n) is 5.63. The Morgan fingerprint density at radius 1 is 1.14 bits per heavy atom. The molecule has 0 amide bonds. The summed E-state index contributed by atoms with van der Waals surface area (Å²) in [5, 5.41) is 1.63. The molecule has 0 bridgehead atoms. The zero-order valence-electron chi connectivity index (χ0n) is 12.0. The van der Waals surface area contributed by atoms with Crippen molar-refractivity contribution in [2.24, 2.45) is 0 Å². The van der Waals surface area contributed by atoms with Crippen LogP contribution in [0.25, 0.3) is 22.4 Å². The van der Waals surface area contributed by atoms with Gasteiger partial charge in [-0.3, -0.25) is 0 Å². The minimum Gasteiger partial charge on any atom is -0.438 e. The van der Waals surface area contributed by atoms with Crippen molar-refractivity contribution in [3.05, 3.63) is 45.8 Å². The van der Waals surface area contributed by atoms with Gasteiger partial charge in [0.05, 0.1) is 5.39 Å². The highest BCUT2D eigenvalue weighted by Crippen LogP contribution is 2.29. The molecular formula is C17H15ClN2OS. The molecule has 0 aliphatic carbocycles. The lowest BCUT2D eigenvalue weighted by Gasteiger charge is -2.08. The first-order valence-electron chi connectivity index (χ1n) is 7.51. The van der Waals surface area contributed by atoms with E-state index in [0.717, 1.165) is 53.0 Å². The van der Waals surface area contributed by atoms with E-state index in [2.05, 4.69) is 4.57 Å². The fourth-order valence-electron chi connectivity index (χ4n) is 2.97. The molecule has 3 aromatic rings. The molecule has 5 heteroatoms. The molecule has 1 aliphatic rings. The van der Waals surface area contributed by atoms with Crippen LogP contribution in [0.5, 0.6) is 0 Å². The van der Waals surface area contributed by atoms with Gasteiger partial charge in [0.25, 0.3) is 0 Å². The number of aromatic nitrogens is 2. The minimum atomic E-state index is 0.642. The molecule has 0 radical (unpaired) electrons. The van der Waals surface area contributed by atoms with Gasteiger partial charge in [0.15, 0.2) is 0 Å². The molecule has 0 fully saturated rings. The molecule has 4 rings (SSSR count). The Hall–Kier alpha value is -1.65. The number of halogens is 1. The second kappa shape index (κ2) is 5.52. The van der Waals surface area contributed by atoms with Crippen LogP contribution in [0.2, 0.25) is 5.02 Å². The summed E-state index contributed by atoms with van der Waals surface area (Å²) in [7, 11) is 0. The van der Waals surface area contributed by atoms with E-state index in [4.69, 9.17) is 33.2 Å². The molecule has 0 N–H and O–H groups in total. The van der Waals surface area contributed by atoms with Crippen LogP contribution < -0.4 is 0 Å². The van der Waals surface area contributed by atoms with Crippen LogP contribution in [0.4, 0.5) is 0 Å². The molecule has 0 atom stereocenters. The van der Waals surface area contributed by atoms with Crippen LogP contribution in [-0.4, -0.2) is 9.55 Å². The number of fused-ring (bicyclic) bond motifs is 2. The maximum Gasteiger partial charge on any atom is 0.231 e. The summed E-state index contributed by atoms with van der Waals surface area (Å²) in [6.07, 6.45) is 4.53. The van der Waals surface area contributed by atoms with Gasteiger partial charge in [-0.2, -0.15) is 4.98 Å².